The lowest BCUT2D eigenvalue weighted by Crippen LogP contribution is -2.59. The van der Waals surface area contributed by atoms with E-state index in [2.05, 4.69) is 10.2 Å². The highest BCUT2D eigenvalue weighted by molar-refractivity contribution is 7.99. The van der Waals surface area contributed by atoms with Crippen LogP contribution >= 0.6 is 11.8 Å². The first-order valence-corrected chi connectivity index (χ1v) is 9.87. The fourth-order valence-corrected chi connectivity index (χ4v) is 5.29. The summed E-state index contributed by atoms with van der Waals surface area (Å²) in [7, 11) is 0. The fourth-order valence-electron chi connectivity index (χ4n) is 3.81. The van der Waals surface area contributed by atoms with E-state index in [1.165, 1.54) is 5.75 Å². The molecule has 1 aromatic carbocycles. The Balaban J connectivity index is 1.43. The molecule has 0 saturated carbocycles. The van der Waals surface area contributed by atoms with Gasteiger partial charge in [0.2, 0.25) is 0 Å². The van der Waals surface area contributed by atoms with Gasteiger partial charge in [-0.05, 0) is 35.9 Å². The molecule has 1 atom stereocenters. The molecule has 2 fully saturated rings. The Morgan fingerprint density at radius 3 is 2.96 bits per heavy atom. The van der Waals surface area contributed by atoms with Crippen LogP contribution in [-0.4, -0.2) is 67.3 Å². The largest absolute Gasteiger partial charge is 0.493 e. The maximum absolute atomic E-state index is 12.6. The molecule has 6 heteroatoms. The van der Waals surface area contributed by atoms with E-state index >= 15 is 0 Å². The number of benzene rings is 1. The van der Waals surface area contributed by atoms with Crippen LogP contribution in [0, 0.1) is 0 Å². The van der Waals surface area contributed by atoms with Gasteiger partial charge in [0.15, 0.2) is 0 Å². The van der Waals surface area contributed by atoms with E-state index in [0.717, 1.165) is 68.4 Å². The summed E-state index contributed by atoms with van der Waals surface area (Å²) in [4.78, 5) is 15.1. The van der Waals surface area contributed by atoms with Crippen LogP contribution in [0.4, 0.5) is 0 Å². The number of fused-ring (bicyclic) bond motifs is 1. The Bertz CT molecular complexity index is 610. The van der Waals surface area contributed by atoms with Gasteiger partial charge in [-0.2, -0.15) is 11.8 Å². The fraction of sp³-hybridized carbons (Fsp3) is 0.611. The normalized spacial score (nSPS) is 26.8. The molecule has 0 radical (unpaired) electrons. The van der Waals surface area contributed by atoms with Gasteiger partial charge in [-0.25, -0.2) is 0 Å². The van der Waals surface area contributed by atoms with Crippen LogP contribution in [0.25, 0.3) is 0 Å². The second-order valence-corrected chi connectivity index (χ2v) is 7.84. The summed E-state index contributed by atoms with van der Waals surface area (Å²) < 4.78 is 11.0. The molecule has 3 heterocycles. The number of nitrogens with zero attached hydrogens (tertiary/aromatic N) is 1. The third kappa shape index (κ3) is 3.15. The minimum Gasteiger partial charge on any atom is -0.493 e. The number of hydrogen-bond donors (Lipinski definition) is 1. The van der Waals surface area contributed by atoms with Gasteiger partial charge in [0.05, 0.1) is 19.8 Å². The van der Waals surface area contributed by atoms with Gasteiger partial charge in [-0.1, -0.05) is 0 Å². The number of carbonyl (C=O) groups is 1. The number of hydrogen-bond acceptors (Lipinski definition) is 5. The Morgan fingerprint density at radius 1 is 1.29 bits per heavy atom. The number of ether oxygens (including phenoxy) is 2. The van der Waals surface area contributed by atoms with Crippen LogP contribution in [0.3, 0.4) is 0 Å². The van der Waals surface area contributed by atoms with Gasteiger partial charge in [0.1, 0.15) is 5.75 Å². The Labute approximate surface area is 147 Å². The van der Waals surface area contributed by atoms with Crippen molar-refractivity contribution in [3.05, 3.63) is 29.3 Å². The standard InChI is InChI=1S/C18H24N2O3S/c21-17(15-1-2-16-14(11-15)3-7-23-16)19-12-18(4-10-24-13-18)20-5-8-22-9-6-20/h1-2,11H,3-10,12-13H2,(H,19,21). The maximum atomic E-state index is 12.6. The molecule has 0 bridgehead atoms. The molecule has 3 aliphatic rings. The molecule has 5 nitrogen and oxygen atoms in total. The monoisotopic (exact) mass is 348 g/mol. The van der Waals surface area contributed by atoms with Crippen molar-refractivity contribution in [1.82, 2.24) is 10.2 Å². The SMILES string of the molecule is O=C(NCC1(N2CCOCC2)CCSC1)c1ccc2c(c1)CCO2. The zero-order valence-electron chi connectivity index (χ0n) is 13.9. The summed E-state index contributed by atoms with van der Waals surface area (Å²) in [6.07, 6.45) is 2.03. The predicted molar refractivity (Wildman–Crippen MR) is 95.0 cm³/mol. The molecule has 1 amide bonds. The third-order valence-electron chi connectivity index (χ3n) is 5.29. The van der Waals surface area contributed by atoms with Gasteiger partial charge >= 0.3 is 0 Å². The molecular weight excluding hydrogens is 324 g/mol. The highest BCUT2D eigenvalue weighted by atomic mass is 32.2. The Hall–Kier alpha value is -1.24. The highest BCUT2D eigenvalue weighted by Gasteiger charge is 2.40. The summed E-state index contributed by atoms with van der Waals surface area (Å²) in [5.74, 6) is 3.20. The van der Waals surface area contributed by atoms with E-state index in [-0.39, 0.29) is 11.4 Å². The number of morpholine rings is 1. The topological polar surface area (TPSA) is 50.8 Å². The number of rotatable bonds is 4. The first kappa shape index (κ1) is 16.2. The van der Waals surface area contributed by atoms with E-state index in [1.807, 2.05) is 30.0 Å². The molecule has 130 valence electrons. The number of thioether (sulfide) groups is 1. The average molecular weight is 348 g/mol. The zero-order valence-corrected chi connectivity index (χ0v) is 14.7. The molecular formula is C18H24N2O3S. The first-order chi connectivity index (χ1) is 11.8. The maximum Gasteiger partial charge on any atom is 0.251 e. The highest BCUT2D eigenvalue weighted by Crippen LogP contribution is 2.33. The first-order valence-electron chi connectivity index (χ1n) is 8.71. The quantitative estimate of drug-likeness (QED) is 0.895. The summed E-state index contributed by atoms with van der Waals surface area (Å²) in [6.45, 7) is 4.96. The molecule has 0 aromatic heterocycles. The van der Waals surface area contributed by atoms with Crippen LogP contribution in [-0.2, 0) is 11.2 Å². The summed E-state index contributed by atoms with van der Waals surface area (Å²) in [5, 5.41) is 3.19. The minimum atomic E-state index is 0.0224. The lowest BCUT2D eigenvalue weighted by Gasteiger charge is -2.43. The summed E-state index contributed by atoms with van der Waals surface area (Å²) in [5.41, 5.74) is 1.97. The van der Waals surface area contributed by atoms with Gasteiger partial charge in [0.25, 0.3) is 5.91 Å². The van der Waals surface area contributed by atoms with E-state index in [1.54, 1.807) is 0 Å². The number of amides is 1. The van der Waals surface area contributed by atoms with Gasteiger partial charge in [0, 0.05) is 42.9 Å². The van der Waals surface area contributed by atoms with E-state index in [0.29, 0.717) is 6.54 Å². The number of nitrogens with one attached hydrogen (secondary N) is 1. The average Bonchev–Trinajstić information content (AvgIpc) is 3.30. The number of carbonyl (C=O) groups excluding carboxylic acids is 1. The molecule has 1 unspecified atom stereocenters. The van der Waals surface area contributed by atoms with Gasteiger partial charge in [-0.3, -0.25) is 9.69 Å². The van der Waals surface area contributed by atoms with Crippen molar-refractivity contribution in [3.8, 4) is 5.75 Å². The second-order valence-electron chi connectivity index (χ2n) is 6.73. The lowest BCUT2D eigenvalue weighted by molar-refractivity contribution is -0.0129. The van der Waals surface area contributed by atoms with Crippen molar-refractivity contribution >= 4 is 17.7 Å². The second kappa shape index (κ2) is 6.94. The van der Waals surface area contributed by atoms with E-state index in [9.17, 15) is 4.79 Å². The molecule has 24 heavy (non-hydrogen) atoms. The molecule has 2 saturated heterocycles. The van der Waals surface area contributed by atoms with Crippen molar-refractivity contribution in [2.45, 2.75) is 18.4 Å². The summed E-state index contributed by atoms with van der Waals surface area (Å²) in [6, 6.07) is 5.76. The Morgan fingerprint density at radius 2 is 2.17 bits per heavy atom. The Kier molecular flexibility index (Phi) is 4.70. The molecule has 1 aromatic rings. The van der Waals surface area contributed by atoms with Crippen molar-refractivity contribution in [3.63, 3.8) is 0 Å². The van der Waals surface area contributed by atoms with Crippen molar-refractivity contribution in [2.24, 2.45) is 0 Å². The molecule has 1 N–H and O–H groups in total. The molecule has 0 spiro atoms. The lowest BCUT2D eigenvalue weighted by atomic mass is 9.95. The zero-order chi connectivity index (χ0) is 16.4. The van der Waals surface area contributed by atoms with Crippen LogP contribution in [0.1, 0.15) is 22.3 Å². The molecule has 4 rings (SSSR count). The van der Waals surface area contributed by atoms with Gasteiger partial charge in [-0.15, -0.1) is 0 Å². The van der Waals surface area contributed by atoms with Crippen molar-refractivity contribution in [1.29, 1.82) is 0 Å². The van der Waals surface area contributed by atoms with Crippen LogP contribution < -0.4 is 10.1 Å². The predicted octanol–water partition coefficient (Wildman–Crippen LogP) is 1.56. The van der Waals surface area contributed by atoms with E-state index < -0.39 is 0 Å². The van der Waals surface area contributed by atoms with Crippen LogP contribution in [0.5, 0.6) is 5.75 Å². The smallest absolute Gasteiger partial charge is 0.251 e. The molecule has 0 aliphatic carbocycles. The molecule has 3 aliphatic heterocycles. The van der Waals surface area contributed by atoms with Crippen LogP contribution in [0.15, 0.2) is 18.2 Å². The van der Waals surface area contributed by atoms with Crippen molar-refractivity contribution < 1.29 is 14.3 Å². The third-order valence-corrected chi connectivity index (χ3v) is 6.53. The summed E-state index contributed by atoms with van der Waals surface area (Å²) >= 11 is 1.99. The van der Waals surface area contributed by atoms with E-state index in [4.69, 9.17) is 9.47 Å². The van der Waals surface area contributed by atoms with Crippen LogP contribution in [0.2, 0.25) is 0 Å². The van der Waals surface area contributed by atoms with Crippen molar-refractivity contribution in [2.75, 3.05) is 51.0 Å². The minimum absolute atomic E-state index is 0.0224. The van der Waals surface area contributed by atoms with Gasteiger partial charge < -0.3 is 14.8 Å².